The zero-order valence-corrected chi connectivity index (χ0v) is 13.8. The average molecular weight is 362 g/mol. The summed E-state index contributed by atoms with van der Waals surface area (Å²) in [6, 6.07) is 13.0. The highest BCUT2D eigenvalue weighted by Crippen LogP contribution is 2.24. The number of hydrogen-bond donors (Lipinski definition) is 1. The number of nitrogens with zero attached hydrogens (tertiary/aromatic N) is 2. The van der Waals surface area contributed by atoms with Gasteiger partial charge in [0.25, 0.3) is 0 Å². The lowest BCUT2D eigenvalue weighted by Crippen LogP contribution is -2.12. The molecule has 24 heavy (non-hydrogen) atoms. The van der Waals surface area contributed by atoms with Crippen LogP contribution >= 0.6 is 11.6 Å². The smallest absolute Gasteiger partial charge is 0.238 e. The number of halogens is 1. The van der Waals surface area contributed by atoms with Crippen molar-refractivity contribution in [1.82, 2.24) is 9.55 Å². The Morgan fingerprint density at radius 1 is 1.04 bits per heavy atom. The monoisotopic (exact) mass is 361 g/mol. The molecule has 0 unspecified atom stereocenters. The summed E-state index contributed by atoms with van der Waals surface area (Å²) in [6.07, 6.45) is 2.22. The second-order valence-electron chi connectivity index (χ2n) is 5.02. The van der Waals surface area contributed by atoms with Crippen LogP contribution in [0.2, 0.25) is 5.02 Å². The normalized spacial score (nSPS) is 11.4. The van der Waals surface area contributed by atoms with Crippen LogP contribution in [0.3, 0.4) is 0 Å². The topological polar surface area (TPSA) is 95.0 Å². The number of primary sulfonamides is 1. The van der Waals surface area contributed by atoms with Crippen LogP contribution in [0.1, 0.15) is 10.5 Å². The number of rotatable bonds is 4. The Morgan fingerprint density at radius 2 is 1.67 bits per heavy atom. The molecule has 0 aliphatic rings. The lowest BCUT2D eigenvalue weighted by molar-refractivity contribution is 0.111. The number of carbonyl (C=O) groups excluding carboxylic acids is 1. The van der Waals surface area contributed by atoms with Gasteiger partial charge in [0.15, 0.2) is 6.29 Å². The summed E-state index contributed by atoms with van der Waals surface area (Å²) in [4.78, 5) is 15.4. The standard InChI is InChI=1S/C16H12ClN3O3S/c17-12-3-1-11(2-4-12)16-19-13(10-21)9-20(16)14-5-7-15(8-6-14)24(18,22)23/h1-10H,(H2,18,22,23). The molecule has 2 N–H and O–H groups in total. The number of aromatic nitrogens is 2. The summed E-state index contributed by atoms with van der Waals surface area (Å²) in [5.41, 5.74) is 1.67. The van der Waals surface area contributed by atoms with E-state index in [1.54, 1.807) is 47.2 Å². The minimum absolute atomic E-state index is 0.00928. The molecule has 0 saturated heterocycles. The average Bonchev–Trinajstić information content (AvgIpc) is 2.99. The Balaban J connectivity index is 2.12. The molecule has 0 bridgehead atoms. The highest BCUT2D eigenvalue weighted by Gasteiger charge is 2.13. The molecule has 3 rings (SSSR count). The maximum atomic E-state index is 11.4. The van der Waals surface area contributed by atoms with Crippen LogP contribution in [0.5, 0.6) is 0 Å². The first-order valence-electron chi connectivity index (χ1n) is 6.82. The fourth-order valence-electron chi connectivity index (χ4n) is 2.25. The zero-order chi connectivity index (χ0) is 17.3. The molecule has 0 saturated carbocycles. The molecule has 0 aliphatic carbocycles. The maximum absolute atomic E-state index is 11.4. The number of imidazole rings is 1. The van der Waals surface area contributed by atoms with E-state index in [-0.39, 0.29) is 10.6 Å². The van der Waals surface area contributed by atoms with Crippen molar-refractivity contribution in [2.24, 2.45) is 5.14 Å². The van der Waals surface area contributed by atoms with Crippen LogP contribution in [0, 0.1) is 0 Å². The quantitative estimate of drug-likeness (QED) is 0.722. The lowest BCUT2D eigenvalue weighted by atomic mass is 10.2. The highest BCUT2D eigenvalue weighted by atomic mass is 35.5. The molecule has 2 aromatic carbocycles. The van der Waals surface area contributed by atoms with Crippen molar-refractivity contribution in [3.63, 3.8) is 0 Å². The molecule has 1 aromatic heterocycles. The van der Waals surface area contributed by atoms with Crippen LogP contribution in [0.15, 0.2) is 59.6 Å². The van der Waals surface area contributed by atoms with Gasteiger partial charge in [0.1, 0.15) is 11.5 Å². The van der Waals surface area contributed by atoms with Gasteiger partial charge in [-0.2, -0.15) is 0 Å². The van der Waals surface area contributed by atoms with E-state index in [1.165, 1.54) is 12.1 Å². The van der Waals surface area contributed by atoms with Gasteiger partial charge in [-0.05, 0) is 48.5 Å². The van der Waals surface area contributed by atoms with Crippen molar-refractivity contribution < 1.29 is 13.2 Å². The van der Waals surface area contributed by atoms with Crippen LogP contribution < -0.4 is 5.14 Å². The van der Waals surface area contributed by atoms with E-state index < -0.39 is 10.0 Å². The molecule has 0 radical (unpaired) electrons. The fourth-order valence-corrected chi connectivity index (χ4v) is 2.89. The molecular formula is C16H12ClN3O3S. The number of carbonyl (C=O) groups is 1. The molecule has 8 heteroatoms. The Bertz CT molecular complexity index is 994. The summed E-state index contributed by atoms with van der Waals surface area (Å²) in [5.74, 6) is 0.539. The van der Waals surface area contributed by atoms with Gasteiger partial charge in [0.2, 0.25) is 10.0 Å². The van der Waals surface area contributed by atoms with E-state index in [9.17, 15) is 13.2 Å². The Labute approximate surface area is 143 Å². The Morgan fingerprint density at radius 3 is 2.21 bits per heavy atom. The molecule has 3 aromatic rings. The second-order valence-corrected chi connectivity index (χ2v) is 7.02. The van der Waals surface area contributed by atoms with Crippen LogP contribution in [-0.2, 0) is 10.0 Å². The predicted octanol–water partition coefficient (Wildman–Crippen LogP) is 2.65. The van der Waals surface area contributed by atoms with Gasteiger partial charge in [-0.3, -0.25) is 9.36 Å². The Kier molecular flexibility index (Phi) is 4.23. The first-order valence-corrected chi connectivity index (χ1v) is 8.74. The third kappa shape index (κ3) is 3.23. The molecule has 0 atom stereocenters. The SMILES string of the molecule is NS(=O)(=O)c1ccc(-n2cc(C=O)nc2-c2ccc(Cl)cc2)cc1. The molecule has 6 nitrogen and oxygen atoms in total. The first kappa shape index (κ1) is 16.4. The minimum atomic E-state index is -3.76. The minimum Gasteiger partial charge on any atom is -0.299 e. The van der Waals surface area contributed by atoms with E-state index in [1.807, 2.05) is 0 Å². The van der Waals surface area contributed by atoms with Crippen molar-refractivity contribution >= 4 is 27.9 Å². The van der Waals surface area contributed by atoms with E-state index in [0.717, 1.165) is 5.56 Å². The van der Waals surface area contributed by atoms with Gasteiger partial charge in [0.05, 0.1) is 4.90 Å². The third-order valence-electron chi connectivity index (χ3n) is 3.39. The van der Waals surface area contributed by atoms with E-state index in [4.69, 9.17) is 16.7 Å². The lowest BCUT2D eigenvalue weighted by Gasteiger charge is -2.08. The summed E-state index contributed by atoms with van der Waals surface area (Å²) in [5, 5.41) is 5.69. The van der Waals surface area contributed by atoms with Gasteiger partial charge < -0.3 is 0 Å². The molecule has 122 valence electrons. The van der Waals surface area contributed by atoms with E-state index in [2.05, 4.69) is 4.98 Å². The Hall–Kier alpha value is -2.48. The largest absolute Gasteiger partial charge is 0.299 e. The van der Waals surface area contributed by atoms with E-state index >= 15 is 0 Å². The van der Waals surface area contributed by atoms with Gasteiger partial charge in [-0.15, -0.1) is 0 Å². The maximum Gasteiger partial charge on any atom is 0.238 e. The van der Waals surface area contributed by atoms with Gasteiger partial charge in [0, 0.05) is 22.5 Å². The molecule has 1 heterocycles. The van der Waals surface area contributed by atoms with Gasteiger partial charge >= 0.3 is 0 Å². The molecule has 0 aliphatic heterocycles. The predicted molar refractivity (Wildman–Crippen MR) is 90.8 cm³/mol. The first-order chi connectivity index (χ1) is 11.4. The summed E-state index contributed by atoms with van der Waals surface area (Å²) < 4.78 is 24.4. The fraction of sp³-hybridized carbons (Fsp3) is 0. The van der Waals surface area contributed by atoms with Crippen LogP contribution in [-0.4, -0.2) is 24.3 Å². The zero-order valence-electron chi connectivity index (χ0n) is 12.3. The van der Waals surface area contributed by atoms with Gasteiger partial charge in [-0.1, -0.05) is 11.6 Å². The summed E-state index contributed by atoms with van der Waals surface area (Å²) >= 11 is 5.90. The van der Waals surface area contributed by atoms with Gasteiger partial charge in [-0.25, -0.2) is 18.5 Å². The van der Waals surface area contributed by atoms with Crippen molar-refractivity contribution in [1.29, 1.82) is 0 Å². The van der Waals surface area contributed by atoms with Crippen molar-refractivity contribution in [2.75, 3.05) is 0 Å². The van der Waals surface area contributed by atoms with Crippen LogP contribution in [0.25, 0.3) is 17.1 Å². The number of sulfonamides is 1. The summed E-state index contributed by atoms with van der Waals surface area (Å²) in [6.45, 7) is 0. The number of benzene rings is 2. The van der Waals surface area contributed by atoms with E-state index in [0.29, 0.717) is 22.8 Å². The van der Waals surface area contributed by atoms with Crippen molar-refractivity contribution in [3.8, 4) is 17.1 Å². The number of hydrogen-bond acceptors (Lipinski definition) is 4. The highest BCUT2D eigenvalue weighted by molar-refractivity contribution is 7.89. The molecule has 0 spiro atoms. The number of nitrogens with two attached hydrogens (primary N) is 1. The second kappa shape index (κ2) is 6.20. The summed E-state index contributed by atoms with van der Waals surface area (Å²) in [7, 11) is -3.76. The molecule has 0 fully saturated rings. The van der Waals surface area contributed by atoms with Crippen molar-refractivity contribution in [2.45, 2.75) is 4.90 Å². The van der Waals surface area contributed by atoms with Crippen LogP contribution in [0.4, 0.5) is 0 Å². The third-order valence-corrected chi connectivity index (χ3v) is 4.57. The van der Waals surface area contributed by atoms with Crippen molar-refractivity contribution in [3.05, 3.63) is 65.4 Å². The molecular weight excluding hydrogens is 350 g/mol. The number of aldehydes is 1. The molecule has 0 amide bonds.